The molecule has 2 heteroatoms. The molecule has 0 unspecified atom stereocenters. The standard InChI is InChI=1S/C20H18O2/c1-13-5-8-16(9-6-13)11-17-12-19(22-20(17)21)18-10-14(2)4-7-15(18)3/h4-12H,1-3H3/b17-11+. The lowest BCUT2D eigenvalue weighted by molar-refractivity contribution is -0.130. The number of hydrogen-bond donors (Lipinski definition) is 0. The molecule has 1 heterocycles. The lowest BCUT2D eigenvalue weighted by Gasteiger charge is -2.06. The van der Waals surface area contributed by atoms with E-state index in [0.717, 1.165) is 22.3 Å². The number of cyclic esters (lactones) is 1. The normalized spacial score (nSPS) is 15.9. The van der Waals surface area contributed by atoms with E-state index in [9.17, 15) is 4.79 Å². The Kier molecular flexibility index (Phi) is 3.68. The van der Waals surface area contributed by atoms with Gasteiger partial charge in [-0.1, -0.05) is 47.5 Å². The lowest BCUT2D eigenvalue weighted by Crippen LogP contribution is -1.98. The number of esters is 1. The van der Waals surface area contributed by atoms with E-state index in [-0.39, 0.29) is 5.97 Å². The van der Waals surface area contributed by atoms with Gasteiger partial charge >= 0.3 is 5.97 Å². The summed E-state index contributed by atoms with van der Waals surface area (Å²) < 4.78 is 5.45. The van der Waals surface area contributed by atoms with E-state index < -0.39 is 0 Å². The Hall–Kier alpha value is -2.61. The lowest BCUT2D eigenvalue weighted by atomic mass is 10.0. The zero-order valence-electron chi connectivity index (χ0n) is 13.0. The third-order valence-corrected chi connectivity index (χ3v) is 3.78. The van der Waals surface area contributed by atoms with Crippen molar-refractivity contribution in [3.05, 3.63) is 81.9 Å². The fourth-order valence-corrected chi connectivity index (χ4v) is 2.47. The first-order valence-electron chi connectivity index (χ1n) is 7.33. The molecule has 0 saturated carbocycles. The molecule has 0 saturated heterocycles. The molecule has 0 fully saturated rings. The Labute approximate surface area is 130 Å². The van der Waals surface area contributed by atoms with E-state index >= 15 is 0 Å². The maximum Gasteiger partial charge on any atom is 0.343 e. The van der Waals surface area contributed by atoms with Gasteiger partial charge in [-0.05, 0) is 50.1 Å². The van der Waals surface area contributed by atoms with Crippen LogP contribution in [0.25, 0.3) is 11.8 Å². The maximum atomic E-state index is 12.1. The van der Waals surface area contributed by atoms with Gasteiger partial charge in [-0.25, -0.2) is 4.79 Å². The highest BCUT2D eigenvalue weighted by atomic mass is 16.5. The largest absolute Gasteiger partial charge is 0.422 e. The summed E-state index contributed by atoms with van der Waals surface area (Å²) in [7, 11) is 0. The molecule has 110 valence electrons. The van der Waals surface area contributed by atoms with E-state index in [0.29, 0.717) is 11.3 Å². The van der Waals surface area contributed by atoms with Gasteiger partial charge in [0.2, 0.25) is 0 Å². The Morgan fingerprint density at radius 1 is 0.909 bits per heavy atom. The van der Waals surface area contributed by atoms with Gasteiger partial charge in [0.15, 0.2) is 0 Å². The highest BCUT2D eigenvalue weighted by molar-refractivity contribution is 6.05. The van der Waals surface area contributed by atoms with Crippen LogP contribution in [0.15, 0.2) is 54.1 Å². The zero-order valence-corrected chi connectivity index (χ0v) is 13.0. The summed E-state index contributed by atoms with van der Waals surface area (Å²) in [6.07, 6.45) is 3.68. The van der Waals surface area contributed by atoms with Gasteiger partial charge in [0, 0.05) is 5.56 Å². The highest BCUT2D eigenvalue weighted by Gasteiger charge is 2.22. The van der Waals surface area contributed by atoms with Crippen molar-refractivity contribution in [3.8, 4) is 0 Å². The molecule has 0 spiro atoms. The molecule has 1 aliphatic heterocycles. The summed E-state index contributed by atoms with van der Waals surface area (Å²) in [5, 5.41) is 0. The molecule has 0 amide bonds. The molecule has 1 aliphatic rings. The number of ether oxygens (including phenoxy) is 1. The molecule has 0 N–H and O–H groups in total. The number of carbonyl (C=O) groups is 1. The molecule has 0 radical (unpaired) electrons. The molecule has 0 aromatic heterocycles. The fraction of sp³-hybridized carbons (Fsp3) is 0.150. The van der Waals surface area contributed by atoms with Gasteiger partial charge in [0.05, 0.1) is 5.57 Å². The topological polar surface area (TPSA) is 26.3 Å². The summed E-state index contributed by atoms with van der Waals surface area (Å²) in [5.74, 6) is 0.334. The summed E-state index contributed by atoms with van der Waals surface area (Å²) in [6.45, 7) is 6.09. The Morgan fingerprint density at radius 3 is 2.32 bits per heavy atom. The van der Waals surface area contributed by atoms with Crippen LogP contribution in [0.5, 0.6) is 0 Å². The van der Waals surface area contributed by atoms with Gasteiger partial charge < -0.3 is 4.74 Å². The van der Waals surface area contributed by atoms with Crippen LogP contribution in [0, 0.1) is 20.8 Å². The molecule has 3 rings (SSSR count). The summed E-state index contributed by atoms with van der Waals surface area (Å²) in [4.78, 5) is 12.1. The third kappa shape index (κ3) is 2.86. The van der Waals surface area contributed by atoms with Gasteiger partial charge in [-0.15, -0.1) is 0 Å². The Bertz CT molecular complexity index is 793. The summed E-state index contributed by atoms with van der Waals surface area (Å²) in [6, 6.07) is 14.2. The van der Waals surface area contributed by atoms with Crippen molar-refractivity contribution in [2.24, 2.45) is 0 Å². The van der Waals surface area contributed by atoms with Crippen LogP contribution in [-0.2, 0) is 9.53 Å². The minimum atomic E-state index is -0.295. The first kappa shape index (κ1) is 14.3. The predicted octanol–water partition coefficient (Wildman–Crippen LogP) is 4.59. The van der Waals surface area contributed by atoms with Crippen LogP contribution in [0.1, 0.15) is 27.8 Å². The summed E-state index contributed by atoms with van der Waals surface area (Å²) in [5.41, 5.74) is 5.99. The number of hydrogen-bond acceptors (Lipinski definition) is 2. The molecule has 2 aromatic rings. The second-order valence-electron chi connectivity index (χ2n) is 5.73. The Morgan fingerprint density at radius 2 is 1.59 bits per heavy atom. The van der Waals surface area contributed by atoms with E-state index in [1.54, 1.807) is 0 Å². The fourth-order valence-electron chi connectivity index (χ4n) is 2.47. The molecule has 22 heavy (non-hydrogen) atoms. The first-order valence-corrected chi connectivity index (χ1v) is 7.33. The quantitative estimate of drug-likeness (QED) is 0.597. The van der Waals surface area contributed by atoms with E-state index in [1.165, 1.54) is 5.56 Å². The molecule has 2 nitrogen and oxygen atoms in total. The third-order valence-electron chi connectivity index (χ3n) is 3.78. The number of rotatable bonds is 2. The average molecular weight is 290 g/mol. The molecular weight excluding hydrogens is 272 g/mol. The zero-order chi connectivity index (χ0) is 15.7. The smallest absolute Gasteiger partial charge is 0.343 e. The maximum absolute atomic E-state index is 12.1. The van der Waals surface area contributed by atoms with E-state index in [4.69, 9.17) is 4.74 Å². The van der Waals surface area contributed by atoms with Crippen molar-refractivity contribution in [2.45, 2.75) is 20.8 Å². The van der Waals surface area contributed by atoms with Crippen molar-refractivity contribution in [1.82, 2.24) is 0 Å². The van der Waals surface area contributed by atoms with Crippen LogP contribution in [0.4, 0.5) is 0 Å². The second-order valence-corrected chi connectivity index (χ2v) is 5.73. The summed E-state index contributed by atoms with van der Waals surface area (Å²) >= 11 is 0. The SMILES string of the molecule is Cc1ccc(/C=C2\C=C(c3cc(C)ccc3C)OC2=O)cc1. The monoisotopic (exact) mass is 290 g/mol. The average Bonchev–Trinajstić information content (AvgIpc) is 2.85. The van der Waals surface area contributed by atoms with Gasteiger partial charge in [-0.3, -0.25) is 0 Å². The van der Waals surface area contributed by atoms with Gasteiger partial charge in [0.1, 0.15) is 5.76 Å². The molecular formula is C20H18O2. The van der Waals surface area contributed by atoms with Crippen LogP contribution >= 0.6 is 0 Å². The molecule has 0 atom stereocenters. The predicted molar refractivity (Wildman–Crippen MR) is 89.1 cm³/mol. The van der Waals surface area contributed by atoms with E-state index in [1.807, 2.05) is 69.3 Å². The van der Waals surface area contributed by atoms with Crippen molar-refractivity contribution >= 4 is 17.8 Å². The van der Waals surface area contributed by atoms with Crippen molar-refractivity contribution in [3.63, 3.8) is 0 Å². The Balaban J connectivity index is 1.97. The molecule has 0 aliphatic carbocycles. The van der Waals surface area contributed by atoms with E-state index in [2.05, 4.69) is 6.07 Å². The van der Waals surface area contributed by atoms with Crippen LogP contribution in [0.3, 0.4) is 0 Å². The van der Waals surface area contributed by atoms with Gasteiger partial charge in [-0.2, -0.15) is 0 Å². The number of aryl methyl sites for hydroxylation is 3. The van der Waals surface area contributed by atoms with Crippen LogP contribution in [0.2, 0.25) is 0 Å². The molecule has 2 aromatic carbocycles. The second kappa shape index (κ2) is 5.64. The van der Waals surface area contributed by atoms with Crippen molar-refractivity contribution < 1.29 is 9.53 Å². The van der Waals surface area contributed by atoms with Crippen LogP contribution < -0.4 is 0 Å². The number of benzene rings is 2. The van der Waals surface area contributed by atoms with Crippen molar-refractivity contribution in [1.29, 1.82) is 0 Å². The highest BCUT2D eigenvalue weighted by Crippen LogP contribution is 2.29. The minimum Gasteiger partial charge on any atom is -0.422 e. The van der Waals surface area contributed by atoms with Crippen LogP contribution in [-0.4, -0.2) is 5.97 Å². The first-order chi connectivity index (χ1) is 10.5. The van der Waals surface area contributed by atoms with Gasteiger partial charge in [0.25, 0.3) is 0 Å². The number of carbonyl (C=O) groups excluding carboxylic acids is 1. The molecule has 0 bridgehead atoms. The van der Waals surface area contributed by atoms with Crippen molar-refractivity contribution in [2.75, 3.05) is 0 Å². The minimum absolute atomic E-state index is 0.295.